The van der Waals surface area contributed by atoms with E-state index in [2.05, 4.69) is 9.89 Å². The normalized spacial score (nSPS) is 12.0. The van der Waals surface area contributed by atoms with Gasteiger partial charge in [0.25, 0.3) is 0 Å². The molecule has 144 valence electrons. The van der Waals surface area contributed by atoms with E-state index in [1.54, 1.807) is 42.5 Å². The van der Waals surface area contributed by atoms with Crippen LogP contribution in [0.2, 0.25) is 0 Å². The number of benzene rings is 3. The third-order valence-corrected chi connectivity index (χ3v) is 4.01. The van der Waals surface area contributed by atoms with Crippen molar-refractivity contribution in [3.63, 3.8) is 0 Å². The number of rotatable bonds is 4. The molecule has 3 aromatic rings. The molecule has 28 heavy (non-hydrogen) atoms. The highest BCUT2D eigenvalue weighted by Crippen LogP contribution is 2.39. The van der Waals surface area contributed by atoms with E-state index in [0.717, 1.165) is 12.1 Å². The van der Waals surface area contributed by atoms with Crippen molar-refractivity contribution in [3.8, 4) is 33.8 Å². The van der Waals surface area contributed by atoms with Gasteiger partial charge in [0.2, 0.25) is 0 Å². The van der Waals surface area contributed by atoms with Crippen LogP contribution in [0.15, 0.2) is 71.9 Å². The average molecular weight is 388 g/mol. The highest BCUT2D eigenvalue weighted by molar-refractivity contribution is 6.06. The molecule has 3 aromatic carbocycles. The lowest BCUT2D eigenvalue weighted by molar-refractivity contribution is -0.275. The molecule has 0 saturated carbocycles. The van der Waals surface area contributed by atoms with Crippen molar-refractivity contribution in [3.05, 3.63) is 72.3 Å². The molecule has 0 unspecified atom stereocenters. The number of ether oxygens (including phenoxy) is 1. The predicted molar refractivity (Wildman–Crippen MR) is 98.2 cm³/mol. The van der Waals surface area contributed by atoms with Gasteiger partial charge in [-0.1, -0.05) is 59.8 Å². The number of aromatic hydroxyl groups is 1. The van der Waals surface area contributed by atoms with E-state index in [9.17, 15) is 18.3 Å². The summed E-state index contributed by atoms with van der Waals surface area (Å²) in [5.74, 6) is -1.51. The van der Waals surface area contributed by atoms with E-state index in [1.165, 1.54) is 6.07 Å². The SMILES string of the molecule is NC(=NO)c1cccc(-c2ccc(O)c(OC(F)(F)F)c2)c1-c1ccccc1. The third-order valence-electron chi connectivity index (χ3n) is 4.01. The third kappa shape index (κ3) is 4.01. The van der Waals surface area contributed by atoms with Crippen LogP contribution in [0, 0.1) is 0 Å². The Morgan fingerprint density at radius 2 is 1.64 bits per heavy atom. The van der Waals surface area contributed by atoms with Gasteiger partial charge in [-0.25, -0.2) is 0 Å². The molecule has 0 aromatic heterocycles. The Morgan fingerprint density at radius 3 is 2.29 bits per heavy atom. The van der Waals surface area contributed by atoms with Crippen LogP contribution in [0.5, 0.6) is 11.5 Å². The second-order valence-electron chi connectivity index (χ2n) is 5.81. The number of phenols is 1. The smallest absolute Gasteiger partial charge is 0.504 e. The number of oxime groups is 1. The number of phenolic OH excluding ortho intramolecular Hbond substituents is 1. The fraction of sp³-hybridized carbons (Fsp3) is 0.0500. The molecule has 4 N–H and O–H groups in total. The maximum Gasteiger partial charge on any atom is 0.573 e. The maximum atomic E-state index is 12.6. The number of halogens is 3. The Morgan fingerprint density at radius 1 is 0.929 bits per heavy atom. The molecule has 0 saturated heterocycles. The Bertz CT molecular complexity index is 1020. The highest BCUT2D eigenvalue weighted by Gasteiger charge is 2.32. The summed E-state index contributed by atoms with van der Waals surface area (Å²) in [6, 6.07) is 17.6. The van der Waals surface area contributed by atoms with Gasteiger partial charge in [0.05, 0.1) is 0 Å². The summed E-state index contributed by atoms with van der Waals surface area (Å²) in [6.07, 6.45) is -4.95. The van der Waals surface area contributed by atoms with Gasteiger partial charge in [-0.15, -0.1) is 13.2 Å². The molecule has 0 atom stereocenters. The van der Waals surface area contributed by atoms with Crippen molar-refractivity contribution in [2.75, 3.05) is 0 Å². The molecule has 0 bridgehead atoms. The van der Waals surface area contributed by atoms with Crippen LogP contribution >= 0.6 is 0 Å². The molecule has 0 spiro atoms. The molecule has 0 heterocycles. The molecule has 0 aliphatic rings. The summed E-state index contributed by atoms with van der Waals surface area (Å²) in [7, 11) is 0. The first-order valence-electron chi connectivity index (χ1n) is 8.05. The molecule has 0 fully saturated rings. The molecule has 0 aliphatic heterocycles. The lowest BCUT2D eigenvalue weighted by Gasteiger charge is -2.16. The van der Waals surface area contributed by atoms with E-state index in [0.29, 0.717) is 27.8 Å². The molecule has 0 amide bonds. The Labute approximate surface area is 158 Å². The van der Waals surface area contributed by atoms with E-state index < -0.39 is 17.9 Å². The molecule has 5 nitrogen and oxygen atoms in total. The topological polar surface area (TPSA) is 88.1 Å². The summed E-state index contributed by atoms with van der Waals surface area (Å²) in [5, 5.41) is 21.9. The summed E-state index contributed by atoms with van der Waals surface area (Å²) >= 11 is 0. The van der Waals surface area contributed by atoms with E-state index in [4.69, 9.17) is 10.9 Å². The Hall–Kier alpha value is -3.68. The second-order valence-corrected chi connectivity index (χ2v) is 5.81. The van der Waals surface area contributed by atoms with Gasteiger partial charge in [0.1, 0.15) is 0 Å². The number of alkyl halides is 3. The van der Waals surface area contributed by atoms with Crippen LogP contribution in [-0.4, -0.2) is 22.5 Å². The van der Waals surface area contributed by atoms with Gasteiger partial charge in [-0.2, -0.15) is 0 Å². The van der Waals surface area contributed by atoms with Crippen LogP contribution in [-0.2, 0) is 0 Å². The quantitative estimate of drug-likeness (QED) is 0.261. The standard InChI is InChI=1S/C20H15F3N2O3/c21-20(22,23)28-17-11-13(9-10-16(17)26)14-7-4-8-15(19(24)25-27)18(14)12-5-2-1-3-6-12/h1-11,26-27H,(H2,24,25). The first-order chi connectivity index (χ1) is 13.3. The minimum Gasteiger partial charge on any atom is -0.504 e. The summed E-state index contributed by atoms with van der Waals surface area (Å²) in [5.41, 5.74) is 8.34. The molecule has 0 radical (unpaired) electrons. The monoisotopic (exact) mass is 388 g/mol. The number of nitrogens with zero attached hydrogens (tertiary/aromatic N) is 1. The van der Waals surface area contributed by atoms with Crippen molar-refractivity contribution < 1.29 is 28.2 Å². The minimum absolute atomic E-state index is 0.147. The van der Waals surface area contributed by atoms with Crippen molar-refractivity contribution in [1.29, 1.82) is 0 Å². The average Bonchev–Trinajstić information content (AvgIpc) is 2.68. The fourth-order valence-electron chi connectivity index (χ4n) is 2.86. The largest absolute Gasteiger partial charge is 0.573 e. The first kappa shape index (κ1) is 19.1. The summed E-state index contributed by atoms with van der Waals surface area (Å²) in [4.78, 5) is 0. The zero-order chi connectivity index (χ0) is 20.3. The lowest BCUT2D eigenvalue weighted by Crippen LogP contribution is -2.17. The number of hydrogen-bond donors (Lipinski definition) is 3. The molecular weight excluding hydrogens is 373 g/mol. The maximum absolute atomic E-state index is 12.6. The molecule has 8 heteroatoms. The molecule has 0 aliphatic carbocycles. The van der Waals surface area contributed by atoms with Gasteiger partial charge in [-0.05, 0) is 28.8 Å². The van der Waals surface area contributed by atoms with Gasteiger partial charge in [-0.3, -0.25) is 0 Å². The van der Waals surface area contributed by atoms with Crippen molar-refractivity contribution in [2.24, 2.45) is 10.9 Å². The van der Waals surface area contributed by atoms with Crippen LogP contribution < -0.4 is 10.5 Å². The Balaban J connectivity index is 2.24. The van der Waals surface area contributed by atoms with Crippen molar-refractivity contribution in [1.82, 2.24) is 0 Å². The van der Waals surface area contributed by atoms with E-state index in [1.807, 2.05) is 6.07 Å². The lowest BCUT2D eigenvalue weighted by atomic mass is 9.90. The first-order valence-corrected chi connectivity index (χ1v) is 8.05. The number of nitrogens with two attached hydrogens (primary N) is 1. The fourth-order valence-corrected chi connectivity index (χ4v) is 2.86. The molecule has 3 rings (SSSR count). The zero-order valence-electron chi connectivity index (χ0n) is 14.3. The van der Waals surface area contributed by atoms with Crippen LogP contribution in [0.3, 0.4) is 0 Å². The number of amidine groups is 1. The van der Waals surface area contributed by atoms with E-state index in [-0.39, 0.29) is 5.84 Å². The summed E-state index contributed by atoms with van der Waals surface area (Å²) in [6.45, 7) is 0. The Kier molecular flexibility index (Phi) is 5.12. The second kappa shape index (κ2) is 7.51. The van der Waals surface area contributed by atoms with Crippen molar-refractivity contribution >= 4 is 5.84 Å². The molecular formula is C20H15F3N2O3. The minimum atomic E-state index is -4.95. The predicted octanol–water partition coefficient (Wildman–Crippen LogP) is 4.72. The highest BCUT2D eigenvalue weighted by atomic mass is 19.4. The van der Waals surface area contributed by atoms with Crippen molar-refractivity contribution in [2.45, 2.75) is 6.36 Å². The van der Waals surface area contributed by atoms with Gasteiger partial charge < -0.3 is 20.8 Å². The number of hydrogen-bond acceptors (Lipinski definition) is 4. The van der Waals surface area contributed by atoms with Crippen LogP contribution in [0.4, 0.5) is 13.2 Å². The van der Waals surface area contributed by atoms with Gasteiger partial charge in [0, 0.05) is 11.1 Å². The van der Waals surface area contributed by atoms with Crippen LogP contribution in [0.1, 0.15) is 5.56 Å². The van der Waals surface area contributed by atoms with Gasteiger partial charge >= 0.3 is 6.36 Å². The van der Waals surface area contributed by atoms with E-state index >= 15 is 0 Å². The summed E-state index contributed by atoms with van der Waals surface area (Å²) < 4.78 is 41.8. The zero-order valence-corrected chi connectivity index (χ0v) is 14.3. The van der Waals surface area contributed by atoms with Gasteiger partial charge in [0.15, 0.2) is 17.3 Å². The van der Waals surface area contributed by atoms with Crippen LogP contribution in [0.25, 0.3) is 22.3 Å².